The Bertz CT molecular complexity index is 325. The quantitative estimate of drug-likeness (QED) is 0.491. The summed E-state index contributed by atoms with van der Waals surface area (Å²) in [5, 5.41) is 0. The topological polar surface area (TPSA) is 26.3 Å². The third-order valence-corrected chi connectivity index (χ3v) is 2.53. The van der Waals surface area contributed by atoms with Crippen molar-refractivity contribution in [3.8, 4) is 0 Å². The van der Waals surface area contributed by atoms with Gasteiger partial charge in [-0.15, -0.1) is 13.2 Å². The van der Waals surface area contributed by atoms with Crippen molar-refractivity contribution < 1.29 is 9.53 Å². The highest BCUT2D eigenvalue weighted by molar-refractivity contribution is 5.87. The van der Waals surface area contributed by atoms with Gasteiger partial charge in [-0.3, -0.25) is 0 Å². The molecule has 1 atom stereocenters. The molecule has 0 bridgehead atoms. The molecule has 0 saturated heterocycles. The zero-order chi connectivity index (χ0) is 11.3. The first kappa shape index (κ1) is 11.5. The predicted octanol–water partition coefficient (Wildman–Crippen LogP) is 2.94. The van der Waals surface area contributed by atoms with Crippen molar-refractivity contribution >= 4 is 5.97 Å². The molecule has 1 rings (SSSR count). The van der Waals surface area contributed by atoms with Crippen molar-refractivity contribution in [2.24, 2.45) is 0 Å². The van der Waals surface area contributed by atoms with E-state index >= 15 is 0 Å². The van der Waals surface area contributed by atoms with E-state index in [0.717, 1.165) is 12.0 Å². The molecule has 1 heterocycles. The summed E-state index contributed by atoms with van der Waals surface area (Å²) in [4.78, 5) is 11.3. The van der Waals surface area contributed by atoms with E-state index in [4.69, 9.17) is 4.74 Å². The smallest absolute Gasteiger partial charge is 0.332 e. The van der Waals surface area contributed by atoms with Gasteiger partial charge in [0.05, 0.1) is 0 Å². The van der Waals surface area contributed by atoms with Crippen LogP contribution in [0.1, 0.15) is 19.3 Å². The van der Waals surface area contributed by atoms with Crippen LogP contribution in [-0.2, 0) is 9.53 Å². The van der Waals surface area contributed by atoms with Gasteiger partial charge in [0, 0.05) is 6.08 Å². The van der Waals surface area contributed by atoms with E-state index in [-0.39, 0.29) is 5.97 Å². The molecule has 0 aromatic rings. The molecule has 0 fully saturated rings. The van der Waals surface area contributed by atoms with Crippen molar-refractivity contribution in [3.63, 3.8) is 0 Å². The van der Waals surface area contributed by atoms with E-state index in [1.165, 1.54) is 6.08 Å². The minimum atomic E-state index is -0.639. The fraction of sp³-hybridized carbons (Fsp3) is 0.308. The molecule has 0 saturated carbocycles. The van der Waals surface area contributed by atoms with Crippen molar-refractivity contribution in [1.29, 1.82) is 0 Å². The zero-order valence-corrected chi connectivity index (χ0v) is 8.87. The van der Waals surface area contributed by atoms with Crippen LogP contribution in [0, 0.1) is 0 Å². The van der Waals surface area contributed by atoms with Gasteiger partial charge in [0.2, 0.25) is 0 Å². The maximum atomic E-state index is 11.3. The van der Waals surface area contributed by atoms with Crippen LogP contribution in [0.3, 0.4) is 0 Å². The Labute approximate surface area is 90.6 Å². The highest BCUT2D eigenvalue weighted by Gasteiger charge is 2.38. The second kappa shape index (κ2) is 4.78. The average Bonchev–Trinajstić information content (AvgIpc) is 2.53. The average molecular weight is 204 g/mol. The Morgan fingerprint density at radius 3 is 2.60 bits per heavy atom. The van der Waals surface area contributed by atoms with Crippen LogP contribution in [0.5, 0.6) is 0 Å². The molecule has 0 spiro atoms. The standard InChI is InChI=1S/C13H16O2/c1-4-7-9-13(6-3)11(8-5-2)10-12(14)15-13/h4-6,10H,1-3,7-9H2. The molecular weight excluding hydrogens is 188 g/mol. The van der Waals surface area contributed by atoms with Gasteiger partial charge in [0.15, 0.2) is 5.60 Å². The van der Waals surface area contributed by atoms with Gasteiger partial charge in [0.25, 0.3) is 0 Å². The normalized spacial score (nSPS) is 24.3. The third-order valence-electron chi connectivity index (χ3n) is 2.53. The van der Waals surface area contributed by atoms with Gasteiger partial charge in [-0.25, -0.2) is 4.79 Å². The minimum absolute atomic E-state index is 0.296. The number of hydrogen-bond acceptors (Lipinski definition) is 2. The summed E-state index contributed by atoms with van der Waals surface area (Å²) in [7, 11) is 0. The molecule has 0 aliphatic carbocycles. The van der Waals surface area contributed by atoms with Gasteiger partial charge in [0.1, 0.15) is 0 Å². The lowest BCUT2D eigenvalue weighted by Gasteiger charge is -2.26. The fourth-order valence-corrected chi connectivity index (χ4v) is 1.73. The molecule has 0 amide bonds. The van der Waals surface area contributed by atoms with E-state index in [0.29, 0.717) is 12.8 Å². The first-order valence-corrected chi connectivity index (χ1v) is 4.98. The number of carbonyl (C=O) groups is 1. The van der Waals surface area contributed by atoms with Crippen molar-refractivity contribution in [3.05, 3.63) is 49.6 Å². The van der Waals surface area contributed by atoms with Crippen LogP contribution < -0.4 is 0 Å². The molecule has 1 aliphatic heterocycles. The van der Waals surface area contributed by atoms with E-state index < -0.39 is 5.60 Å². The first-order chi connectivity index (χ1) is 7.18. The fourth-order valence-electron chi connectivity index (χ4n) is 1.73. The molecule has 2 heteroatoms. The lowest BCUT2D eigenvalue weighted by atomic mass is 9.88. The Balaban J connectivity index is 2.91. The number of rotatable bonds is 6. The molecule has 0 aromatic carbocycles. The first-order valence-electron chi connectivity index (χ1n) is 4.98. The molecule has 2 nitrogen and oxygen atoms in total. The Morgan fingerprint density at radius 2 is 2.07 bits per heavy atom. The summed E-state index contributed by atoms with van der Waals surface area (Å²) in [5.74, 6) is -0.296. The molecule has 0 aromatic heterocycles. The minimum Gasteiger partial charge on any atom is -0.447 e. The maximum Gasteiger partial charge on any atom is 0.332 e. The summed E-state index contributed by atoms with van der Waals surface area (Å²) < 4.78 is 5.32. The van der Waals surface area contributed by atoms with E-state index in [1.807, 2.05) is 6.08 Å². The number of hydrogen-bond donors (Lipinski definition) is 0. The highest BCUT2D eigenvalue weighted by Crippen LogP contribution is 2.36. The summed E-state index contributed by atoms with van der Waals surface area (Å²) >= 11 is 0. The summed E-state index contributed by atoms with van der Waals surface area (Å²) in [6.45, 7) is 11.1. The Morgan fingerprint density at radius 1 is 1.33 bits per heavy atom. The van der Waals surface area contributed by atoms with Gasteiger partial charge < -0.3 is 4.74 Å². The molecule has 1 unspecified atom stereocenters. The van der Waals surface area contributed by atoms with Gasteiger partial charge >= 0.3 is 5.97 Å². The van der Waals surface area contributed by atoms with Crippen molar-refractivity contribution in [2.45, 2.75) is 24.9 Å². The van der Waals surface area contributed by atoms with Crippen molar-refractivity contribution in [2.75, 3.05) is 0 Å². The molecule has 80 valence electrons. The number of ether oxygens (including phenoxy) is 1. The largest absolute Gasteiger partial charge is 0.447 e. The summed E-state index contributed by atoms with van der Waals surface area (Å²) in [6.07, 6.45) is 8.93. The maximum absolute atomic E-state index is 11.3. The molecule has 1 aliphatic rings. The van der Waals surface area contributed by atoms with Crippen LogP contribution in [0.15, 0.2) is 49.6 Å². The molecule has 15 heavy (non-hydrogen) atoms. The van der Waals surface area contributed by atoms with Gasteiger partial charge in [-0.1, -0.05) is 18.7 Å². The van der Waals surface area contributed by atoms with E-state index in [9.17, 15) is 4.79 Å². The monoisotopic (exact) mass is 204 g/mol. The van der Waals surface area contributed by atoms with Crippen LogP contribution >= 0.6 is 0 Å². The number of carbonyl (C=O) groups excluding carboxylic acids is 1. The Kier molecular flexibility index (Phi) is 3.67. The molecule has 0 N–H and O–H groups in total. The lowest BCUT2D eigenvalue weighted by molar-refractivity contribution is -0.143. The summed E-state index contributed by atoms with van der Waals surface area (Å²) in [6, 6.07) is 0. The molecular formula is C13H16O2. The second-order valence-electron chi connectivity index (χ2n) is 3.50. The number of esters is 1. The SMILES string of the molecule is C=CCCC1(C=C)OC(=O)C=C1CC=C. The third kappa shape index (κ3) is 2.27. The lowest BCUT2D eigenvalue weighted by Crippen LogP contribution is -2.29. The van der Waals surface area contributed by atoms with E-state index in [2.05, 4.69) is 19.7 Å². The van der Waals surface area contributed by atoms with Crippen LogP contribution in [0.25, 0.3) is 0 Å². The predicted molar refractivity (Wildman–Crippen MR) is 61.3 cm³/mol. The zero-order valence-electron chi connectivity index (χ0n) is 8.87. The van der Waals surface area contributed by atoms with Crippen LogP contribution in [0.2, 0.25) is 0 Å². The van der Waals surface area contributed by atoms with Gasteiger partial charge in [-0.05, 0) is 30.9 Å². The van der Waals surface area contributed by atoms with Crippen molar-refractivity contribution in [1.82, 2.24) is 0 Å². The van der Waals surface area contributed by atoms with E-state index in [1.54, 1.807) is 12.2 Å². The van der Waals surface area contributed by atoms with Crippen LogP contribution in [0.4, 0.5) is 0 Å². The van der Waals surface area contributed by atoms with Gasteiger partial charge in [-0.2, -0.15) is 0 Å². The second-order valence-corrected chi connectivity index (χ2v) is 3.50. The number of cyclic esters (lactones) is 1. The summed E-state index contributed by atoms with van der Waals surface area (Å²) in [5.41, 5.74) is 0.291. The Hall–Kier alpha value is -1.57. The highest BCUT2D eigenvalue weighted by atomic mass is 16.6. The molecule has 0 radical (unpaired) electrons. The van der Waals surface area contributed by atoms with Crippen LogP contribution in [-0.4, -0.2) is 11.6 Å². The number of allylic oxidation sites excluding steroid dienone is 2.